The van der Waals surface area contributed by atoms with Gasteiger partial charge in [-0.3, -0.25) is 4.90 Å². The minimum Gasteiger partial charge on any atom is -0.300 e. The van der Waals surface area contributed by atoms with Crippen molar-refractivity contribution in [2.24, 2.45) is 0 Å². The second kappa shape index (κ2) is 5.74. The van der Waals surface area contributed by atoms with Crippen LogP contribution >= 0.6 is 11.6 Å². The Bertz CT molecular complexity index is 373. The van der Waals surface area contributed by atoms with Crippen LogP contribution in [0, 0.1) is 0 Å². The molecule has 1 rings (SSSR count). The van der Waals surface area contributed by atoms with Gasteiger partial charge in [0.15, 0.2) is 0 Å². The van der Waals surface area contributed by atoms with E-state index >= 15 is 0 Å². The molecule has 0 aliphatic rings. The van der Waals surface area contributed by atoms with Gasteiger partial charge in [0.05, 0.1) is 5.56 Å². The molecule has 0 aliphatic heterocycles. The average Bonchev–Trinajstić information content (AvgIpc) is 2.26. The van der Waals surface area contributed by atoms with E-state index in [0.29, 0.717) is 17.1 Å². The molecule has 17 heavy (non-hydrogen) atoms. The fraction of sp³-hybridized carbons (Fsp3) is 0.500. The first kappa shape index (κ1) is 14.3. The largest absolute Gasteiger partial charge is 0.416 e. The SMILES string of the molecule is CCN(CC)Cc1cc(C(F)(F)F)ccc1Cl. The molecule has 0 heterocycles. The van der Waals surface area contributed by atoms with Gasteiger partial charge in [-0.15, -0.1) is 0 Å². The van der Waals surface area contributed by atoms with Crippen molar-refractivity contribution in [3.8, 4) is 0 Å². The van der Waals surface area contributed by atoms with Gasteiger partial charge in [0.25, 0.3) is 0 Å². The van der Waals surface area contributed by atoms with Crippen LogP contribution in [0.25, 0.3) is 0 Å². The highest BCUT2D eigenvalue weighted by atomic mass is 35.5. The minimum absolute atomic E-state index is 0.380. The van der Waals surface area contributed by atoms with Crippen LogP contribution in [-0.2, 0) is 12.7 Å². The smallest absolute Gasteiger partial charge is 0.300 e. The van der Waals surface area contributed by atoms with E-state index in [4.69, 9.17) is 11.6 Å². The molecule has 0 N–H and O–H groups in total. The number of halogens is 4. The molecule has 1 nitrogen and oxygen atoms in total. The number of nitrogens with zero attached hydrogens (tertiary/aromatic N) is 1. The first-order chi connectivity index (χ1) is 7.88. The molecule has 0 fully saturated rings. The van der Waals surface area contributed by atoms with Crippen LogP contribution in [0.4, 0.5) is 13.2 Å². The topological polar surface area (TPSA) is 3.24 Å². The Balaban J connectivity index is 2.98. The predicted molar refractivity (Wildman–Crippen MR) is 63.1 cm³/mol. The van der Waals surface area contributed by atoms with Crippen LogP contribution in [0.2, 0.25) is 5.02 Å². The molecule has 0 spiro atoms. The minimum atomic E-state index is -4.32. The Hall–Kier alpha value is -0.740. The summed E-state index contributed by atoms with van der Waals surface area (Å²) in [5.41, 5.74) is -0.130. The third-order valence-electron chi connectivity index (χ3n) is 2.66. The number of rotatable bonds is 4. The van der Waals surface area contributed by atoms with Crippen LogP contribution in [0.1, 0.15) is 25.0 Å². The zero-order chi connectivity index (χ0) is 13.1. The highest BCUT2D eigenvalue weighted by Gasteiger charge is 2.30. The van der Waals surface area contributed by atoms with Crippen molar-refractivity contribution in [3.63, 3.8) is 0 Å². The van der Waals surface area contributed by atoms with Gasteiger partial charge in [-0.25, -0.2) is 0 Å². The molecule has 0 amide bonds. The summed E-state index contributed by atoms with van der Waals surface area (Å²) in [6.45, 7) is 5.93. The quantitative estimate of drug-likeness (QED) is 0.789. The fourth-order valence-corrected chi connectivity index (χ4v) is 1.74. The highest BCUT2D eigenvalue weighted by Crippen LogP contribution is 2.32. The van der Waals surface area contributed by atoms with Gasteiger partial charge < -0.3 is 0 Å². The molecule has 96 valence electrons. The van der Waals surface area contributed by atoms with E-state index < -0.39 is 11.7 Å². The Morgan fingerprint density at radius 2 is 1.76 bits per heavy atom. The van der Waals surface area contributed by atoms with Gasteiger partial charge in [0.2, 0.25) is 0 Å². The van der Waals surface area contributed by atoms with Gasteiger partial charge in [-0.05, 0) is 36.9 Å². The van der Waals surface area contributed by atoms with Gasteiger partial charge >= 0.3 is 6.18 Å². The highest BCUT2D eigenvalue weighted by molar-refractivity contribution is 6.31. The third kappa shape index (κ3) is 3.89. The average molecular weight is 266 g/mol. The lowest BCUT2D eigenvalue weighted by Gasteiger charge is -2.19. The molecule has 0 saturated carbocycles. The van der Waals surface area contributed by atoms with Gasteiger partial charge in [0.1, 0.15) is 0 Å². The van der Waals surface area contributed by atoms with E-state index in [2.05, 4.69) is 0 Å². The Morgan fingerprint density at radius 1 is 1.18 bits per heavy atom. The Labute approximate surface area is 104 Å². The fourth-order valence-electron chi connectivity index (χ4n) is 1.56. The van der Waals surface area contributed by atoms with E-state index in [1.54, 1.807) is 0 Å². The van der Waals surface area contributed by atoms with Gasteiger partial charge in [-0.1, -0.05) is 25.4 Å². The summed E-state index contributed by atoms with van der Waals surface area (Å²) in [6, 6.07) is 3.44. The zero-order valence-corrected chi connectivity index (χ0v) is 10.6. The monoisotopic (exact) mass is 265 g/mol. The van der Waals surface area contributed by atoms with E-state index in [1.165, 1.54) is 6.07 Å². The summed E-state index contributed by atoms with van der Waals surface area (Å²) in [6.07, 6.45) is -4.32. The van der Waals surface area contributed by atoms with Crippen molar-refractivity contribution < 1.29 is 13.2 Å². The number of hydrogen-bond donors (Lipinski definition) is 0. The molecule has 0 saturated heterocycles. The predicted octanol–water partition coefficient (Wildman–Crippen LogP) is 4.20. The summed E-state index contributed by atoms with van der Waals surface area (Å²) < 4.78 is 37.6. The maximum Gasteiger partial charge on any atom is 0.416 e. The molecule has 1 aromatic carbocycles. The van der Waals surface area contributed by atoms with Crippen molar-refractivity contribution in [1.29, 1.82) is 0 Å². The molecule has 0 aromatic heterocycles. The van der Waals surface area contributed by atoms with Crippen LogP contribution in [0.5, 0.6) is 0 Å². The molecule has 0 bridgehead atoms. The first-order valence-electron chi connectivity index (χ1n) is 5.46. The van der Waals surface area contributed by atoms with Crippen molar-refractivity contribution >= 4 is 11.6 Å². The molecule has 0 aliphatic carbocycles. The number of alkyl halides is 3. The lowest BCUT2D eigenvalue weighted by atomic mass is 10.1. The lowest BCUT2D eigenvalue weighted by Crippen LogP contribution is -2.22. The van der Waals surface area contributed by atoms with E-state index in [9.17, 15) is 13.2 Å². The zero-order valence-electron chi connectivity index (χ0n) is 9.81. The van der Waals surface area contributed by atoms with E-state index in [1.807, 2.05) is 18.7 Å². The Morgan fingerprint density at radius 3 is 2.24 bits per heavy atom. The maximum atomic E-state index is 12.5. The van der Waals surface area contributed by atoms with Gasteiger partial charge in [0, 0.05) is 11.6 Å². The van der Waals surface area contributed by atoms with Crippen LogP contribution in [-0.4, -0.2) is 18.0 Å². The van der Waals surface area contributed by atoms with Crippen LogP contribution in [0.3, 0.4) is 0 Å². The second-order valence-corrected chi connectivity index (χ2v) is 4.17. The number of hydrogen-bond acceptors (Lipinski definition) is 1. The van der Waals surface area contributed by atoms with Crippen molar-refractivity contribution in [2.45, 2.75) is 26.6 Å². The molecule has 0 atom stereocenters. The number of benzene rings is 1. The van der Waals surface area contributed by atoms with Crippen LogP contribution < -0.4 is 0 Å². The van der Waals surface area contributed by atoms with Crippen molar-refractivity contribution in [3.05, 3.63) is 34.3 Å². The van der Waals surface area contributed by atoms with Gasteiger partial charge in [-0.2, -0.15) is 13.2 Å². The maximum absolute atomic E-state index is 12.5. The standard InChI is InChI=1S/C12H15ClF3N/c1-3-17(4-2)8-9-7-10(12(14,15)16)5-6-11(9)13/h5-7H,3-4,8H2,1-2H3. The summed E-state index contributed by atoms with van der Waals surface area (Å²) in [7, 11) is 0. The van der Waals surface area contributed by atoms with Crippen molar-refractivity contribution in [1.82, 2.24) is 4.90 Å². The lowest BCUT2D eigenvalue weighted by molar-refractivity contribution is -0.137. The third-order valence-corrected chi connectivity index (χ3v) is 3.03. The van der Waals surface area contributed by atoms with Crippen LogP contribution in [0.15, 0.2) is 18.2 Å². The molecular formula is C12H15ClF3N. The summed E-state index contributed by atoms with van der Waals surface area (Å²) in [4.78, 5) is 2.02. The molecule has 1 aromatic rings. The van der Waals surface area contributed by atoms with E-state index in [-0.39, 0.29) is 0 Å². The normalized spacial score (nSPS) is 12.2. The molecule has 5 heteroatoms. The Kier molecular flexibility index (Phi) is 4.83. The molecule has 0 radical (unpaired) electrons. The second-order valence-electron chi connectivity index (χ2n) is 3.77. The first-order valence-corrected chi connectivity index (χ1v) is 5.84. The van der Waals surface area contributed by atoms with Crippen molar-refractivity contribution in [2.75, 3.05) is 13.1 Å². The van der Waals surface area contributed by atoms with E-state index in [0.717, 1.165) is 25.2 Å². The molecule has 0 unspecified atom stereocenters. The molecular weight excluding hydrogens is 251 g/mol. The summed E-state index contributed by atoms with van der Waals surface area (Å²) in [5, 5.41) is 0.380. The summed E-state index contributed by atoms with van der Waals surface area (Å²) >= 11 is 5.91. The summed E-state index contributed by atoms with van der Waals surface area (Å²) in [5.74, 6) is 0.